The molecule has 1 rings (SSSR count). The Labute approximate surface area is 85.5 Å². The molecule has 0 radical (unpaired) electrons. The smallest absolute Gasteiger partial charge is 0.0664 e. The Morgan fingerprint density at radius 1 is 1.43 bits per heavy atom. The Balaban J connectivity index is 2.40. The maximum absolute atomic E-state index is 5.76. The monoisotopic (exact) mass is 188 g/mol. The van der Waals surface area contributed by atoms with Gasteiger partial charge in [0.2, 0.25) is 0 Å². The lowest BCUT2D eigenvalue weighted by Gasteiger charge is -1.98. The summed E-state index contributed by atoms with van der Waals surface area (Å²) in [5.41, 5.74) is 6.95. The molecule has 0 aliphatic carbocycles. The van der Waals surface area contributed by atoms with Crippen LogP contribution in [0, 0.1) is 11.8 Å². The zero-order valence-corrected chi connectivity index (χ0v) is 8.53. The molecule has 1 heterocycles. The number of nitrogens with two attached hydrogens (primary N) is 1. The first-order valence-corrected chi connectivity index (χ1v) is 4.95. The molecule has 1 aromatic rings. The van der Waals surface area contributed by atoms with Gasteiger partial charge in [0.25, 0.3) is 0 Å². The van der Waals surface area contributed by atoms with E-state index in [1.165, 1.54) is 5.56 Å². The van der Waals surface area contributed by atoms with Crippen LogP contribution >= 0.6 is 0 Å². The summed E-state index contributed by atoms with van der Waals surface area (Å²) in [7, 11) is 0. The second-order valence-electron chi connectivity index (χ2n) is 3.25. The normalized spacial score (nSPS) is 11.6. The van der Waals surface area contributed by atoms with Crippen molar-refractivity contribution in [3.05, 3.63) is 30.1 Å². The molecule has 2 heteroatoms. The maximum atomic E-state index is 5.76. The zero-order valence-electron chi connectivity index (χ0n) is 8.53. The molecular formula is C12H16N2. The molecule has 2 nitrogen and oxygen atoms in total. The first kappa shape index (κ1) is 10.7. The molecular weight excluding hydrogens is 172 g/mol. The Kier molecular flexibility index (Phi) is 4.74. The van der Waals surface area contributed by atoms with Crippen LogP contribution in [-0.4, -0.2) is 11.0 Å². The second kappa shape index (κ2) is 6.17. The third-order valence-corrected chi connectivity index (χ3v) is 1.93. The van der Waals surface area contributed by atoms with Gasteiger partial charge in [-0.3, -0.25) is 4.98 Å². The minimum absolute atomic E-state index is 0.0295. The van der Waals surface area contributed by atoms with Gasteiger partial charge in [-0.25, -0.2) is 0 Å². The Bertz CT molecular complexity index is 308. The van der Waals surface area contributed by atoms with Crippen molar-refractivity contribution in [2.45, 2.75) is 32.2 Å². The van der Waals surface area contributed by atoms with E-state index in [4.69, 9.17) is 5.73 Å². The van der Waals surface area contributed by atoms with Crippen LogP contribution in [0.1, 0.15) is 25.3 Å². The lowest BCUT2D eigenvalue weighted by Crippen LogP contribution is -2.16. The van der Waals surface area contributed by atoms with Crippen LogP contribution in [0.5, 0.6) is 0 Å². The summed E-state index contributed by atoms with van der Waals surface area (Å²) in [4.78, 5) is 3.95. The number of hydrogen-bond acceptors (Lipinski definition) is 2. The molecule has 2 N–H and O–H groups in total. The van der Waals surface area contributed by atoms with Gasteiger partial charge in [-0.1, -0.05) is 25.2 Å². The van der Waals surface area contributed by atoms with Gasteiger partial charge in [-0.05, 0) is 24.1 Å². The third-order valence-electron chi connectivity index (χ3n) is 1.93. The first-order valence-electron chi connectivity index (χ1n) is 4.95. The van der Waals surface area contributed by atoms with Crippen molar-refractivity contribution in [1.29, 1.82) is 0 Å². The summed E-state index contributed by atoms with van der Waals surface area (Å²) in [5, 5.41) is 0. The van der Waals surface area contributed by atoms with Gasteiger partial charge in [-0.15, -0.1) is 0 Å². The minimum Gasteiger partial charge on any atom is -0.318 e. The lowest BCUT2D eigenvalue weighted by atomic mass is 10.1. The van der Waals surface area contributed by atoms with E-state index < -0.39 is 0 Å². The number of nitrogens with zero attached hydrogens (tertiary/aromatic N) is 1. The van der Waals surface area contributed by atoms with Crippen molar-refractivity contribution < 1.29 is 0 Å². The molecule has 0 aliphatic heterocycles. The maximum Gasteiger partial charge on any atom is 0.0664 e. The predicted molar refractivity (Wildman–Crippen MR) is 58.6 cm³/mol. The van der Waals surface area contributed by atoms with Crippen LogP contribution in [-0.2, 0) is 6.42 Å². The van der Waals surface area contributed by atoms with Gasteiger partial charge >= 0.3 is 0 Å². The summed E-state index contributed by atoms with van der Waals surface area (Å²) >= 11 is 0. The molecule has 1 atom stereocenters. The van der Waals surface area contributed by atoms with Gasteiger partial charge in [0.15, 0.2) is 0 Å². The van der Waals surface area contributed by atoms with E-state index >= 15 is 0 Å². The lowest BCUT2D eigenvalue weighted by molar-refractivity contribution is 0.720. The van der Waals surface area contributed by atoms with Gasteiger partial charge in [0, 0.05) is 18.8 Å². The van der Waals surface area contributed by atoms with E-state index in [-0.39, 0.29) is 6.04 Å². The average Bonchev–Trinajstić information content (AvgIpc) is 2.20. The van der Waals surface area contributed by atoms with Crippen LogP contribution in [0.2, 0.25) is 0 Å². The van der Waals surface area contributed by atoms with E-state index in [0.29, 0.717) is 0 Å². The van der Waals surface area contributed by atoms with Crippen molar-refractivity contribution in [1.82, 2.24) is 4.98 Å². The SMILES string of the molecule is CCCC(N)C#CCc1ccncc1. The van der Waals surface area contributed by atoms with Crippen molar-refractivity contribution >= 4 is 0 Å². The van der Waals surface area contributed by atoms with Crippen molar-refractivity contribution in [3.63, 3.8) is 0 Å². The van der Waals surface area contributed by atoms with Gasteiger partial charge in [0.1, 0.15) is 0 Å². The molecule has 74 valence electrons. The molecule has 0 fully saturated rings. The number of rotatable bonds is 3. The number of hydrogen-bond donors (Lipinski definition) is 1. The molecule has 0 saturated carbocycles. The van der Waals surface area contributed by atoms with Crippen LogP contribution in [0.15, 0.2) is 24.5 Å². The van der Waals surface area contributed by atoms with Crippen LogP contribution in [0.25, 0.3) is 0 Å². The Hall–Kier alpha value is -1.33. The molecule has 0 spiro atoms. The standard InChI is InChI=1S/C12H16N2/c1-2-4-12(13)6-3-5-11-7-9-14-10-8-11/h7-10,12H,2,4-5,13H2,1H3. The highest BCUT2D eigenvalue weighted by molar-refractivity contribution is 5.19. The quantitative estimate of drug-likeness (QED) is 0.734. The van der Waals surface area contributed by atoms with Crippen LogP contribution in [0.4, 0.5) is 0 Å². The van der Waals surface area contributed by atoms with Crippen LogP contribution in [0.3, 0.4) is 0 Å². The summed E-state index contributed by atoms with van der Waals surface area (Å²) in [6.45, 7) is 2.12. The molecule has 0 aliphatic rings. The molecule has 0 saturated heterocycles. The van der Waals surface area contributed by atoms with Gasteiger partial charge in [-0.2, -0.15) is 0 Å². The first-order chi connectivity index (χ1) is 6.83. The number of aromatic nitrogens is 1. The summed E-state index contributed by atoms with van der Waals surface area (Å²) in [6, 6.07) is 3.97. The van der Waals surface area contributed by atoms with E-state index in [0.717, 1.165) is 19.3 Å². The fraction of sp³-hybridized carbons (Fsp3) is 0.417. The van der Waals surface area contributed by atoms with E-state index in [1.807, 2.05) is 12.1 Å². The van der Waals surface area contributed by atoms with Crippen LogP contribution < -0.4 is 5.73 Å². The molecule has 0 bridgehead atoms. The molecule has 1 aromatic heterocycles. The predicted octanol–water partition coefficient (Wildman–Crippen LogP) is 1.75. The molecule has 0 aromatic carbocycles. The average molecular weight is 188 g/mol. The second-order valence-corrected chi connectivity index (χ2v) is 3.25. The molecule has 0 amide bonds. The van der Waals surface area contributed by atoms with Crippen molar-refractivity contribution in [2.24, 2.45) is 5.73 Å². The van der Waals surface area contributed by atoms with Gasteiger partial charge in [0.05, 0.1) is 6.04 Å². The highest BCUT2D eigenvalue weighted by Gasteiger charge is 1.92. The van der Waals surface area contributed by atoms with E-state index in [9.17, 15) is 0 Å². The van der Waals surface area contributed by atoms with Gasteiger partial charge < -0.3 is 5.73 Å². The fourth-order valence-corrected chi connectivity index (χ4v) is 1.17. The van der Waals surface area contributed by atoms with Crippen molar-refractivity contribution in [2.75, 3.05) is 0 Å². The van der Waals surface area contributed by atoms with Crippen molar-refractivity contribution in [3.8, 4) is 11.8 Å². The zero-order chi connectivity index (χ0) is 10.2. The highest BCUT2D eigenvalue weighted by atomic mass is 14.6. The molecule has 1 unspecified atom stereocenters. The summed E-state index contributed by atoms with van der Waals surface area (Å²) in [6.07, 6.45) is 6.39. The topological polar surface area (TPSA) is 38.9 Å². The van der Waals surface area contributed by atoms with E-state index in [2.05, 4.69) is 23.7 Å². The van der Waals surface area contributed by atoms with E-state index in [1.54, 1.807) is 12.4 Å². The number of pyridine rings is 1. The highest BCUT2D eigenvalue weighted by Crippen LogP contribution is 1.96. The fourth-order valence-electron chi connectivity index (χ4n) is 1.17. The largest absolute Gasteiger partial charge is 0.318 e. The summed E-state index contributed by atoms with van der Waals surface area (Å²) < 4.78 is 0. The molecule has 14 heavy (non-hydrogen) atoms. The minimum atomic E-state index is 0.0295. The summed E-state index contributed by atoms with van der Waals surface area (Å²) in [5.74, 6) is 6.12. The third kappa shape index (κ3) is 4.06. The Morgan fingerprint density at radius 2 is 2.14 bits per heavy atom. The Morgan fingerprint density at radius 3 is 2.79 bits per heavy atom.